The van der Waals surface area contributed by atoms with Gasteiger partial charge in [0.1, 0.15) is 6.42 Å². The quantitative estimate of drug-likeness (QED) is 0.587. The van der Waals surface area contributed by atoms with Crippen LogP contribution in [0.5, 0.6) is 0 Å². The molecule has 2 heterocycles. The van der Waals surface area contributed by atoms with Crippen molar-refractivity contribution in [1.29, 1.82) is 0 Å². The number of H-pyrrole nitrogens is 1. The van der Waals surface area contributed by atoms with Crippen LogP contribution in [0.15, 0.2) is 36.8 Å². The highest BCUT2D eigenvalue weighted by Gasteiger charge is 2.07. The zero-order valence-electron chi connectivity index (χ0n) is 9.95. The van der Waals surface area contributed by atoms with Crippen LogP contribution in [0.2, 0.25) is 0 Å². The molecule has 0 aliphatic rings. The average Bonchev–Trinajstić information content (AvgIpc) is 2.91. The van der Waals surface area contributed by atoms with Crippen LogP contribution in [-0.4, -0.2) is 28.0 Å². The lowest BCUT2D eigenvalue weighted by Gasteiger charge is -2.01. The Kier molecular flexibility index (Phi) is 4.40. The van der Waals surface area contributed by atoms with Gasteiger partial charge >= 0.3 is 5.97 Å². The number of nitrogens with one attached hydrogen (secondary N) is 1. The molecule has 18 heavy (non-hydrogen) atoms. The van der Waals surface area contributed by atoms with E-state index in [9.17, 15) is 4.79 Å². The molecule has 2 aromatic heterocycles. The molecule has 0 unspecified atom stereocenters. The number of carbonyl (C=O) groups is 1. The van der Waals surface area contributed by atoms with E-state index in [0.29, 0.717) is 26.0 Å². The first kappa shape index (κ1) is 12.2. The number of aromatic nitrogens is 4. The molecule has 0 aliphatic carbocycles. The van der Waals surface area contributed by atoms with Gasteiger partial charge in [-0.05, 0) is 0 Å². The van der Waals surface area contributed by atoms with E-state index in [2.05, 4.69) is 15.4 Å². The fraction of sp³-hybridized carbons (Fsp3) is 0.333. The number of esters is 1. The van der Waals surface area contributed by atoms with Crippen molar-refractivity contribution in [1.82, 2.24) is 15.4 Å². The van der Waals surface area contributed by atoms with Crippen molar-refractivity contribution >= 4 is 5.97 Å². The van der Waals surface area contributed by atoms with Gasteiger partial charge in [0.05, 0.1) is 18.5 Å². The minimum atomic E-state index is -0.199. The second-order valence-electron chi connectivity index (χ2n) is 3.80. The summed E-state index contributed by atoms with van der Waals surface area (Å²) in [5.74, 6) is -0.199. The zero-order chi connectivity index (χ0) is 12.6. The molecule has 6 nitrogen and oxygen atoms in total. The maximum atomic E-state index is 11.5. The Balaban J connectivity index is 1.63. The highest BCUT2D eigenvalue weighted by molar-refractivity contribution is 5.69. The van der Waals surface area contributed by atoms with Crippen molar-refractivity contribution in [2.45, 2.75) is 19.4 Å². The summed E-state index contributed by atoms with van der Waals surface area (Å²) in [6.45, 7) is 0.967. The Bertz CT molecular complexity index is 470. The van der Waals surface area contributed by atoms with E-state index in [-0.39, 0.29) is 5.97 Å². The number of nitrogens with zero attached hydrogens (tertiary/aromatic N) is 3. The predicted octanol–water partition coefficient (Wildman–Crippen LogP) is 0.268. The molecule has 0 aliphatic heterocycles. The largest absolute Gasteiger partial charge is 0.465 e. The van der Waals surface area contributed by atoms with Gasteiger partial charge in [0, 0.05) is 18.6 Å². The number of aryl methyl sites for hydroxylation is 1. The lowest BCUT2D eigenvalue weighted by Crippen LogP contribution is -2.33. The molecule has 1 N–H and O–H groups in total. The van der Waals surface area contributed by atoms with E-state index in [0.717, 1.165) is 5.69 Å². The fourth-order valence-corrected chi connectivity index (χ4v) is 1.49. The van der Waals surface area contributed by atoms with Gasteiger partial charge in [-0.2, -0.15) is 15.4 Å². The van der Waals surface area contributed by atoms with Gasteiger partial charge in [-0.1, -0.05) is 6.07 Å². The molecule has 94 valence electrons. The molecule has 2 rings (SSSR count). The van der Waals surface area contributed by atoms with Crippen molar-refractivity contribution in [2.75, 3.05) is 6.61 Å². The Morgan fingerprint density at radius 1 is 1.33 bits per heavy atom. The number of rotatable bonds is 6. The average molecular weight is 247 g/mol. The first-order valence-electron chi connectivity index (χ1n) is 5.79. The third-order valence-electron chi connectivity index (χ3n) is 2.44. The van der Waals surface area contributed by atoms with E-state index in [1.807, 2.05) is 35.2 Å². The van der Waals surface area contributed by atoms with Crippen molar-refractivity contribution in [3.05, 3.63) is 42.5 Å². The standard InChI is InChI=1S/C12H15N4O2/c17-12(4-8-16-6-2-1-3-7-16)18-9-5-11-10-13-15-14-11/h1-3,6-7,10H,4-5,8-9H2,(H,13,14,15)/q+1. The topological polar surface area (TPSA) is 71.8 Å². The summed E-state index contributed by atoms with van der Waals surface area (Å²) >= 11 is 0. The van der Waals surface area contributed by atoms with Gasteiger partial charge in [-0.3, -0.25) is 4.79 Å². The van der Waals surface area contributed by atoms with Crippen molar-refractivity contribution in [3.8, 4) is 0 Å². The number of ether oxygens (including phenoxy) is 1. The van der Waals surface area contributed by atoms with Gasteiger partial charge in [-0.25, -0.2) is 4.57 Å². The molecule has 0 fully saturated rings. The summed E-state index contributed by atoms with van der Waals surface area (Å²) in [6, 6.07) is 5.79. The second kappa shape index (κ2) is 6.48. The van der Waals surface area contributed by atoms with Crippen LogP contribution in [0, 0.1) is 0 Å². The first-order valence-corrected chi connectivity index (χ1v) is 5.79. The molecular weight excluding hydrogens is 232 g/mol. The van der Waals surface area contributed by atoms with Gasteiger partial charge in [0.2, 0.25) is 0 Å². The molecule has 0 radical (unpaired) electrons. The van der Waals surface area contributed by atoms with Crippen LogP contribution >= 0.6 is 0 Å². The Morgan fingerprint density at radius 3 is 2.89 bits per heavy atom. The maximum Gasteiger partial charge on any atom is 0.312 e. The van der Waals surface area contributed by atoms with E-state index in [4.69, 9.17) is 4.74 Å². The van der Waals surface area contributed by atoms with E-state index < -0.39 is 0 Å². The third-order valence-corrected chi connectivity index (χ3v) is 2.44. The number of hydrogen-bond acceptors (Lipinski definition) is 4. The third kappa shape index (κ3) is 3.97. The fourth-order valence-electron chi connectivity index (χ4n) is 1.49. The molecular formula is C12H15N4O2+. The lowest BCUT2D eigenvalue weighted by molar-refractivity contribution is -0.696. The molecule has 2 aromatic rings. The molecule has 0 saturated heterocycles. The van der Waals surface area contributed by atoms with Gasteiger partial charge in [-0.15, -0.1) is 0 Å². The molecule has 0 spiro atoms. The zero-order valence-corrected chi connectivity index (χ0v) is 9.95. The Hall–Kier alpha value is -2.24. The summed E-state index contributed by atoms with van der Waals surface area (Å²) < 4.78 is 7.05. The van der Waals surface area contributed by atoms with Crippen molar-refractivity contribution in [3.63, 3.8) is 0 Å². The molecule has 0 atom stereocenters. The number of pyridine rings is 1. The molecule has 0 saturated carbocycles. The van der Waals surface area contributed by atoms with Crippen LogP contribution in [-0.2, 0) is 22.5 Å². The van der Waals surface area contributed by atoms with Crippen molar-refractivity contribution in [2.24, 2.45) is 0 Å². The normalized spacial score (nSPS) is 10.2. The van der Waals surface area contributed by atoms with Gasteiger partial charge < -0.3 is 4.74 Å². The van der Waals surface area contributed by atoms with Crippen LogP contribution in [0.25, 0.3) is 0 Å². The molecule has 0 aromatic carbocycles. The summed E-state index contributed by atoms with van der Waals surface area (Å²) in [5.41, 5.74) is 0.792. The highest BCUT2D eigenvalue weighted by Crippen LogP contribution is 1.93. The SMILES string of the molecule is O=C(CC[n+]1ccccc1)OCCc1cn[nH]n1. The number of hydrogen-bond donors (Lipinski definition) is 1. The van der Waals surface area contributed by atoms with E-state index >= 15 is 0 Å². The van der Waals surface area contributed by atoms with Crippen LogP contribution in [0.1, 0.15) is 12.1 Å². The van der Waals surface area contributed by atoms with Gasteiger partial charge in [0.25, 0.3) is 0 Å². The number of aromatic amines is 1. The van der Waals surface area contributed by atoms with E-state index in [1.165, 1.54) is 0 Å². The maximum absolute atomic E-state index is 11.5. The second-order valence-corrected chi connectivity index (χ2v) is 3.80. The minimum absolute atomic E-state index is 0.199. The van der Waals surface area contributed by atoms with Crippen LogP contribution in [0.4, 0.5) is 0 Å². The van der Waals surface area contributed by atoms with Crippen LogP contribution in [0.3, 0.4) is 0 Å². The summed E-state index contributed by atoms with van der Waals surface area (Å²) in [7, 11) is 0. The van der Waals surface area contributed by atoms with Gasteiger partial charge in [0.15, 0.2) is 18.9 Å². The highest BCUT2D eigenvalue weighted by atomic mass is 16.5. The smallest absolute Gasteiger partial charge is 0.312 e. The van der Waals surface area contributed by atoms with Crippen LogP contribution < -0.4 is 4.57 Å². The number of carbonyl (C=O) groups excluding carboxylic acids is 1. The summed E-state index contributed by atoms with van der Waals surface area (Å²) in [5, 5.41) is 10.1. The Labute approximate surface area is 105 Å². The Morgan fingerprint density at radius 2 is 2.17 bits per heavy atom. The minimum Gasteiger partial charge on any atom is -0.465 e. The van der Waals surface area contributed by atoms with E-state index in [1.54, 1.807) is 6.20 Å². The lowest BCUT2D eigenvalue weighted by atomic mass is 10.3. The monoisotopic (exact) mass is 247 g/mol. The first-order chi connectivity index (χ1) is 8.84. The van der Waals surface area contributed by atoms with Crippen molar-refractivity contribution < 1.29 is 14.1 Å². The molecule has 0 bridgehead atoms. The molecule has 0 amide bonds. The predicted molar refractivity (Wildman–Crippen MR) is 62.3 cm³/mol. The molecule has 6 heteroatoms. The summed E-state index contributed by atoms with van der Waals surface area (Å²) in [4.78, 5) is 11.5. The summed E-state index contributed by atoms with van der Waals surface area (Å²) in [6.07, 6.45) is 6.41.